The first kappa shape index (κ1) is 34.1. The standard InChI is InChI=1S/C50H42N4/c51-45-25-21-37(29-41(45)33-13-5-1-6-14-33)49(38-22-26-46(52)42(30-38)34-15-7-2-8-16-34)50(39-23-27-47(53)43(31-39)35-17-9-3-10-18-35)40-24-28-48(54)44(32-40)36-19-11-4-12-20-36/h1-32,49-50H,51-54H2. The van der Waals surface area contributed by atoms with Crippen molar-refractivity contribution < 1.29 is 0 Å². The molecular weight excluding hydrogens is 657 g/mol. The van der Waals surface area contributed by atoms with Gasteiger partial charge in [-0.1, -0.05) is 146 Å². The molecule has 0 unspecified atom stereocenters. The van der Waals surface area contributed by atoms with Crippen LogP contribution in [0.25, 0.3) is 44.5 Å². The Morgan fingerprint density at radius 3 is 0.648 bits per heavy atom. The van der Waals surface area contributed by atoms with Gasteiger partial charge in [-0.15, -0.1) is 0 Å². The minimum Gasteiger partial charge on any atom is -0.398 e. The zero-order chi connectivity index (χ0) is 37.0. The average molecular weight is 699 g/mol. The fraction of sp³-hybridized carbons (Fsp3) is 0.0400. The van der Waals surface area contributed by atoms with Crippen LogP contribution >= 0.6 is 0 Å². The molecule has 262 valence electrons. The van der Waals surface area contributed by atoms with Crippen LogP contribution in [0.5, 0.6) is 0 Å². The minimum absolute atomic E-state index is 0.185. The van der Waals surface area contributed by atoms with Crippen LogP contribution in [0.2, 0.25) is 0 Å². The number of nitrogens with two attached hydrogens (primary N) is 4. The van der Waals surface area contributed by atoms with Crippen LogP contribution < -0.4 is 22.9 Å². The third kappa shape index (κ3) is 6.81. The number of anilines is 4. The SMILES string of the molecule is Nc1ccc(C(c2ccc(N)c(-c3ccccc3)c2)C(c2ccc(N)c(-c3ccccc3)c2)c2ccc(N)c(-c3ccccc3)c2)cc1-c1ccccc1. The second-order valence-electron chi connectivity index (χ2n) is 13.8. The second-order valence-corrected chi connectivity index (χ2v) is 13.8. The Kier molecular flexibility index (Phi) is 9.40. The van der Waals surface area contributed by atoms with E-state index in [0.29, 0.717) is 0 Å². The molecule has 0 aromatic heterocycles. The van der Waals surface area contributed by atoms with E-state index in [1.165, 1.54) is 0 Å². The van der Waals surface area contributed by atoms with Gasteiger partial charge in [0.2, 0.25) is 0 Å². The highest BCUT2D eigenvalue weighted by Gasteiger charge is 2.31. The lowest BCUT2D eigenvalue weighted by Gasteiger charge is -2.31. The summed E-state index contributed by atoms with van der Waals surface area (Å²) in [6, 6.07) is 67.2. The summed E-state index contributed by atoms with van der Waals surface area (Å²) < 4.78 is 0. The summed E-state index contributed by atoms with van der Waals surface area (Å²) in [5, 5.41) is 0. The lowest BCUT2D eigenvalue weighted by Crippen LogP contribution is -2.16. The first-order chi connectivity index (χ1) is 26.4. The van der Waals surface area contributed by atoms with Crippen LogP contribution in [-0.4, -0.2) is 0 Å². The van der Waals surface area contributed by atoms with Crippen molar-refractivity contribution in [3.63, 3.8) is 0 Å². The van der Waals surface area contributed by atoms with Gasteiger partial charge < -0.3 is 22.9 Å². The zero-order valence-electron chi connectivity index (χ0n) is 29.9. The number of rotatable bonds is 9. The monoisotopic (exact) mass is 698 g/mol. The van der Waals surface area contributed by atoms with Crippen LogP contribution in [0.4, 0.5) is 22.7 Å². The van der Waals surface area contributed by atoms with Crippen molar-refractivity contribution in [1.82, 2.24) is 0 Å². The van der Waals surface area contributed by atoms with Gasteiger partial charge in [-0.25, -0.2) is 0 Å². The molecule has 4 nitrogen and oxygen atoms in total. The lowest BCUT2D eigenvalue weighted by molar-refractivity contribution is 0.695. The van der Waals surface area contributed by atoms with E-state index in [2.05, 4.69) is 97.1 Å². The van der Waals surface area contributed by atoms with Crippen molar-refractivity contribution in [2.75, 3.05) is 22.9 Å². The molecule has 0 radical (unpaired) electrons. The Hall–Kier alpha value is -7.04. The Bertz CT molecular complexity index is 2170. The van der Waals surface area contributed by atoms with Crippen molar-refractivity contribution in [2.24, 2.45) is 0 Å². The Labute approximate surface area is 317 Å². The van der Waals surface area contributed by atoms with Crippen molar-refractivity contribution in [3.8, 4) is 44.5 Å². The second kappa shape index (κ2) is 14.9. The molecule has 4 heteroatoms. The molecule has 0 fully saturated rings. The van der Waals surface area contributed by atoms with Gasteiger partial charge in [0.15, 0.2) is 0 Å². The highest BCUT2D eigenvalue weighted by molar-refractivity contribution is 5.82. The molecule has 0 aliphatic heterocycles. The lowest BCUT2D eigenvalue weighted by atomic mass is 9.72. The Morgan fingerprint density at radius 1 is 0.241 bits per heavy atom. The predicted molar refractivity (Wildman–Crippen MR) is 229 cm³/mol. The molecule has 0 heterocycles. The molecule has 0 spiro atoms. The number of nitrogen functional groups attached to an aromatic ring is 4. The van der Waals surface area contributed by atoms with E-state index in [9.17, 15) is 0 Å². The summed E-state index contributed by atoms with van der Waals surface area (Å²) in [4.78, 5) is 0. The molecule has 8 N–H and O–H groups in total. The van der Waals surface area contributed by atoms with E-state index in [4.69, 9.17) is 22.9 Å². The number of benzene rings is 8. The molecule has 0 saturated heterocycles. The Morgan fingerprint density at radius 2 is 0.444 bits per heavy atom. The van der Waals surface area contributed by atoms with Gasteiger partial charge >= 0.3 is 0 Å². The van der Waals surface area contributed by atoms with E-state index < -0.39 is 0 Å². The molecule has 8 aromatic rings. The van der Waals surface area contributed by atoms with E-state index in [-0.39, 0.29) is 11.8 Å². The quantitative estimate of drug-likeness (QED) is 0.113. The number of hydrogen-bond acceptors (Lipinski definition) is 4. The van der Waals surface area contributed by atoms with Crippen LogP contribution in [0.3, 0.4) is 0 Å². The van der Waals surface area contributed by atoms with Gasteiger partial charge in [0.1, 0.15) is 0 Å². The largest absolute Gasteiger partial charge is 0.398 e. The molecule has 0 saturated carbocycles. The number of hydrogen-bond donors (Lipinski definition) is 4. The summed E-state index contributed by atoms with van der Waals surface area (Å²) in [6.45, 7) is 0. The molecule has 0 bridgehead atoms. The summed E-state index contributed by atoms with van der Waals surface area (Å²) in [5.74, 6) is -0.369. The van der Waals surface area contributed by atoms with Gasteiger partial charge in [0.25, 0.3) is 0 Å². The summed E-state index contributed by atoms with van der Waals surface area (Å²) in [5.41, 5.74) is 42.5. The smallest absolute Gasteiger partial charge is 0.0393 e. The molecular formula is C50H42N4. The van der Waals surface area contributed by atoms with Crippen molar-refractivity contribution in [3.05, 3.63) is 216 Å². The fourth-order valence-electron chi connectivity index (χ4n) is 7.69. The highest BCUT2D eigenvalue weighted by atomic mass is 14.6. The summed E-state index contributed by atoms with van der Waals surface area (Å²) in [6.07, 6.45) is 0. The van der Waals surface area contributed by atoms with E-state index in [1.54, 1.807) is 0 Å². The van der Waals surface area contributed by atoms with E-state index in [0.717, 1.165) is 89.5 Å². The van der Waals surface area contributed by atoms with Crippen molar-refractivity contribution in [2.45, 2.75) is 11.8 Å². The molecule has 0 aliphatic carbocycles. The van der Waals surface area contributed by atoms with E-state index >= 15 is 0 Å². The van der Waals surface area contributed by atoms with Crippen molar-refractivity contribution in [1.29, 1.82) is 0 Å². The molecule has 8 aromatic carbocycles. The van der Waals surface area contributed by atoms with Crippen LogP contribution in [0, 0.1) is 0 Å². The third-order valence-electron chi connectivity index (χ3n) is 10.4. The minimum atomic E-state index is -0.185. The van der Waals surface area contributed by atoms with Gasteiger partial charge in [-0.05, 0) is 93.0 Å². The first-order valence-corrected chi connectivity index (χ1v) is 18.2. The van der Waals surface area contributed by atoms with Gasteiger partial charge in [0, 0.05) is 56.8 Å². The molecule has 8 rings (SSSR count). The van der Waals surface area contributed by atoms with Crippen LogP contribution in [-0.2, 0) is 0 Å². The molecule has 54 heavy (non-hydrogen) atoms. The molecule has 0 atom stereocenters. The van der Waals surface area contributed by atoms with Gasteiger partial charge in [0.05, 0.1) is 0 Å². The summed E-state index contributed by atoms with van der Waals surface area (Å²) >= 11 is 0. The molecule has 0 amide bonds. The topological polar surface area (TPSA) is 104 Å². The van der Waals surface area contributed by atoms with E-state index in [1.807, 2.05) is 97.1 Å². The third-order valence-corrected chi connectivity index (χ3v) is 10.4. The fourth-order valence-corrected chi connectivity index (χ4v) is 7.69. The Balaban J connectivity index is 1.43. The summed E-state index contributed by atoms with van der Waals surface area (Å²) in [7, 11) is 0. The normalized spacial score (nSPS) is 11.2. The maximum absolute atomic E-state index is 6.74. The first-order valence-electron chi connectivity index (χ1n) is 18.2. The van der Waals surface area contributed by atoms with Crippen LogP contribution in [0.1, 0.15) is 34.1 Å². The molecule has 0 aliphatic rings. The van der Waals surface area contributed by atoms with Crippen LogP contribution in [0.15, 0.2) is 194 Å². The predicted octanol–water partition coefficient (Wildman–Crippen LogP) is 11.6. The zero-order valence-corrected chi connectivity index (χ0v) is 29.9. The highest BCUT2D eigenvalue weighted by Crippen LogP contribution is 2.48. The van der Waals surface area contributed by atoms with Gasteiger partial charge in [-0.3, -0.25) is 0 Å². The maximum atomic E-state index is 6.74. The van der Waals surface area contributed by atoms with Gasteiger partial charge in [-0.2, -0.15) is 0 Å². The average Bonchev–Trinajstić information content (AvgIpc) is 3.22. The maximum Gasteiger partial charge on any atom is 0.0393 e. The van der Waals surface area contributed by atoms with Crippen molar-refractivity contribution >= 4 is 22.7 Å².